The van der Waals surface area contributed by atoms with E-state index >= 15 is 0 Å². The second kappa shape index (κ2) is 8.14. The van der Waals surface area contributed by atoms with Gasteiger partial charge in [-0.1, -0.05) is 23.7 Å². The van der Waals surface area contributed by atoms with Gasteiger partial charge in [-0.2, -0.15) is 4.31 Å². The molecule has 146 valence electrons. The van der Waals surface area contributed by atoms with Crippen LogP contribution in [0.3, 0.4) is 0 Å². The summed E-state index contributed by atoms with van der Waals surface area (Å²) >= 11 is 5.95. The van der Waals surface area contributed by atoms with Gasteiger partial charge in [0.25, 0.3) is 0 Å². The second-order valence-electron chi connectivity index (χ2n) is 6.01. The monoisotopic (exact) mass is 419 g/mol. The Morgan fingerprint density at radius 3 is 2.79 bits per heavy atom. The molecule has 1 N–H and O–H groups in total. The summed E-state index contributed by atoms with van der Waals surface area (Å²) in [6, 6.07) is 11.3. The molecular weight excluding hydrogens is 402 g/mol. The summed E-state index contributed by atoms with van der Waals surface area (Å²) in [5.74, 6) is -0.0987. The molecule has 0 atom stereocenters. The van der Waals surface area contributed by atoms with Gasteiger partial charge in [0, 0.05) is 35.2 Å². The van der Waals surface area contributed by atoms with Crippen molar-refractivity contribution in [2.75, 3.05) is 26.0 Å². The van der Waals surface area contributed by atoms with Crippen molar-refractivity contribution in [2.24, 2.45) is 0 Å². The molecule has 28 heavy (non-hydrogen) atoms. The number of amides is 1. The number of fused-ring (bicyclic) bond motifs is 1. The van der Waals surface area contributed by atoms with E-state index in [0.717, 1.165) is 4.31 Å². The second-order valence-corrected chi connectivity index (χ2v) is 8.46. The van der Waals surface area contributed by atoms with Gasteiger partial charge in [0.15, 0.2) is 0 Å². The minimum Gasteiger partial charge on any atom is -0.495 e. The van der Waals surface area contributed by atoms with Crippen LogP contribution in [0.25, 0.3) is 10.8 Å². The molecule has 0 saturated heterocycles. The standard InChI is InChI=1S/C19H18ClN3O4S/c1-23(12-19(24)22-16-10-14(20)6-7-17(16)27-2)28(25,26)18-5-3-4-13-11-21-9-8-15(13)18/h3-11H,12H2,1-2H3,(H,22,24). The molecule has 0 bridgehead atoms. The van der Waals surface area contributed by atoms with Crippen molar-refractivity contribution in [3.8, 4) is 5.75 Å². The molecule has 0 fully saturated rings. The molecule has 1 aromatic heterocycles. The van der Waals surface area contributed by atoms with E-state index in [1.807, 2.05) is 0 Å². The summed E-state index contributed by atoms with van der Waals surface area (Å²) in [6.07, 6.45) is 3.12. The normalized spacial score (nSPS) is 11.6. The number of halogens is 1. The number of likely N-dealkylation sites (N-methyl/N-ethyl adjacent to an activating group) is 1. The van der Waals surface area contributed by atoms with Crippen LogP contribution < -0.4 is 10.1 Å². The van der Waals surface area contributed by atoms with Crippen molar-refractivity contribution in [2.45, 2.75) is 4.90 Å². The molecule has 0 aliphatic rings. The first kappa shape index (κ1) is 20.1. The Bertz CT molecular complexity index is 1130. The zero-order valence-electron chi connectivity index (χ0n) is 15.2. The van der Waals surface area contributed by atoms with Crippen molar-refractivity contribution >= 4 is 44.0 Å². The number of benzene rings is 2. The summed E-state index contributed by atoms with van der Waals surface area (Å²) in [7, 11) is -1.07. The van der Waals surface area contributed by atoms with Gasteiger partial charge in [-0.15, -0.1) is 0 Å². The zero-order chi connectivity index (χ0) is 20.3. The molecule has 0 aliphatic carbocycles. The van der Waals surface area contributed by atoms with E-state index in [2.05, 4.69) is 10.3 Å². The number of nitrogens with one attached hydrogen (secondary N) is 1. The number of carbonyl (C=O) groups excluding carboxylic acids is 1. The lowest BCUT2D eigenvalue weighted by atomic mass is 10.2. The number of nitrogens with zero attached hydrogens (tertiary/aromatic N) is 2. The maximum atomic E-state index is 13.0. The van der Waals surface area contributed by atoms with Crippen LogP contribution in [0.15, 0.2) is 59.8 Å². The Labute approximate surface area is 167 Å². The van der Waals surface area contributed by atoms with Crippen molar-refractivity contribution in [1.82, 2.24) is 9.29 Å². The first-order valence-electron chi connectivity index (χ1n) is 8.25. The highest BCUT2D eigenvalue weighted by Crippen LogP contribution is 2.28. The van der Waals surface area contributed by atoms with Crippen molar-refractivity contribution in [1.29, 1.82) is 0 Å². The number of hydrogen-bond acceptors (Lipinski definition) is 5. The predicted octanol–water partition coefficient (Wildman–Crippen LogP) is 3.16. The summed E-state index contributed by atoms with van der Waals surface area (Å²) in [4.78, 5) is 16.5. The molecule has 0 radical (unpaired) electrons. The average Bonchev–Trinajstić information content (AvgIpc) is 2.67. The number of ether oxygens (including phenoxy) is 1. The number of aromatic nitrogens is 1. The molecule has 0 aliphatic heterocycles. The molecule has 3 aromatic rings. The van der Waals surface area contributed by atoms with Crippen LogP contribution in [0.2, 0.25) is 5.02 Å². The largest absolute Gasteiger partial charge is 0.495 e. The van der Waals surface area contributed by atoms with E-state index < -0.39 is 15.9 Å². The summed E-state index contributed by atoms with van der Waals surface area (Å²) in [5.41, 5.74) is 0.363. The van der Waals surface area contributed by atoms with E-state index in [0.29, 0.717) is 27.2 Å². The SMILES string of the molecule is COc1ccc(Cl)cc1NC(=O)CN(C)S(=O)(=O)c1cccc2cnccc12. The Kier molecular flexibility index (Phi) is 5.83. The van der Waals surface area contributed by atoms with Crippen LogP contribution in [-0.2, 0) is 14.8 Å². The molecule has 0 spiro atoms. The molecule has 0 unspecified atom stereocenters. The Morgan fingerprint density at radius 2 is 2.04 bits per heavy atom. The quantitative estimate of drug-likeness (QED) is 0.663. The van der Waals surface area contributed by atoms with Gasteiger partial charge in [0.05, 0.1) is 24.2 Å². The van der Waals surface area contributed by atoms with Crippen LogP contribution in [-0.4, -0.2) is 44.3 Å². The number of methoxy groups -OCH3 is 1. The van der Waals surface area contributed by atoms with E-state index in [-0.39, 0.29) is 11.4 Å². The van der Waals surface area contributed by atoms with Gasteiger partial charge in [0.2, 0.25) is 15.9 Å². The summed E-state index contributed by atoms with van der Waals surface area (Å²) < 4.78 is 32.2. The van der Waals surface area contributed by atoms with Gasteiger partial charge < -0.3 is 10.1 Å². The first-order chi connectivity index (χ1) is 13.3. The average molecular weight is 420 g/mol. The third-order valence-corrected chi connectivity index (χ3v) is 6.23. The zero-order valence-corrected chi connectivity index (χ0v) is 16.8. The summed E-state index contributed by atoms with van der Waals surface area (Å²) in [5, 5.41) is 4.29. The smallest absolute Gasteiger partial charge is 0.243 e. The first-order valence-corrected chi connectivity index (χ1v) is 10.1. The van der Waals surface area contributed by atoms with Crippen LogP contribution in [0.5, 0.6) is 5.75 Å². The Hall–Kier alpha value is -2.68. The topological polar surface area (TPSA) is 88.6 Å². The Balaban J connectivity index is 1.83. The van der Waals surface area contributed by atoms with E-state index in [1.165, 1.54) is 32.5 Å². The predicted molar refractivity (Wildman–Crippen MR) is 108 cm³/mol. The fraction of sp³-hybridized carbons (Fsp3) is 0.158. The lowest BCUT2D eigenvalue weighted by molar-refractivity contribution is -0.116. The van der Waals surface area contributed by atoms with Gasteiger partial charge in [-0.3, -0.25) is 9.78 Å². The fourth-order valence-corrected chi connectivity index (χ4v) is 4.25. The third kappa shape index (κ3) is 4.09. The molecule has 7 nitrogen and oxygen atoms in total. The molecule has 1 heterocycles. The third-order valence-electron chi connectivity index (χ3n) is 4.13. The minimum absolute atomic E-state index is 0.114. The van der Waals surface area contributed by atoms with Crippen LogP contribution in [0.4, 0.5) is 5.69 Å². The van der Waals surface area contributed by atoms with Crippen molar-refractivity contribution in [3.05, 3.63) is 59.9 Å². The van der Waals surface area contributed by atoms with Gasteiger partial charge in [-0.25, -0.2) is 8.42 Å². The van der Waals surface area contributed by atoms with E-state index in [1.54, 1.807) is 36.5 Å². The molecule has 1 amide bonds. The van der Waals surface area contributed by atoms with Crippen LogP contribution in [0, 0.1) is 0 Å². The molecule has 0 saturated carbocycles. The molecular formula is C19H18ClN3O4S. The number of sulfonamides is 1. The van der Waals surface area contributed by atoms with Crippen molar-refractivity contribution in [3.63, 3.8) is 0 Å². The number of pyridine rings is 1. The van der Waals surface area contributed by atoms with Gasteiger partial charge >= 0.3 is 0 Å². The number of rotatable bonds is 6. The lowest BCUT2D eigenvalue weighted by Crippen LogP contribution is -2.35. The highest BCUT2D eigenvalue weighted by Gasteiger charge is 2.25. The highest BCUT2D eigenvalue weighted by atomic mass is 35.5. The van der Waals surface area contributed by atoms with Gasteiger partial charge in [-0.05, 0) is 30.3 Å². The van der Waals surface area contributed by atoms with Crippen LogP contribution >= 0.6 is 11.6 Å². The van der Waals surface area contributed by atoms with Crippen molar-refractivity contribution < 1.29 is 17.9 Å². The molecule has 9 heteroatoms. The fourth-order valence-electron chi connectivity index (χ4n) is 2.74. The molecule has 3 rings (SSSR count). The lowest BCUT2D eigenvalue weighted by Gasteiger charge is -2.18. The summed E-state index contributed by atoms with van der Waals surface area (Å²) in [6.45, 7) is -0.376. The van der Waals surface area contributed by atoms with Gasteiger partial charge in [0.1, 0.15) is 5.75 Å². The molecule has 2 aromatic carbocycles. The number of anilines is 1. The van der Waals surface area contributed by atoms with Crippen LogP contribution in [0.1, 0.15) is 0 Å². The van der Waals surface area contributed by atoms with E-state index in [4.69, 9.17) is 16.3 Å². The Morgan fingerprint density at radius 1 is 1.25 bits per heavy atom. The highest BCUT2D eigenvalue weighted by molar-refractivity contribution is 7.89. The maximum absolute atomic E-state index is 13.0. The maximum Gasteiger partial charge on any atom is 0.243 e. The minimum atomic E-state index is -3.89. The number of carbonyl (C=O) groups is 1. The van der Waals surface area contributed by atoms with E-state index in [9.17, 15) is 13.2 Å². The number of hydrogen-bond donors (Lipinski definition) is 1.